The van der Waals surface area contributed by atoms with Crippen molar-refractivity contribution in [3.05, 3.63) is 0 Å². The number of hydrogen-bond acceptors (Lipinski definition) is 2. The van der Waals surface area contributed by atoms with E-state index in [1.165, 1.54) is 6.42 Å². The number of nitrogens with one attached hydrogen (secondary N) is 1. The summed E-state index contributed by atoms with van der Waals surface area (Å²) in [5, 5.41) is 3.29. The van der Waals surface area contributed by atoms with Crippen molar-refractivity contribution >= 4 is 0 Å². The molecule has 0 spiro atoms. The summed E-state index contributed by atoms with van der Waals surface area (Å²) in [4.78, 5) is 0. The standard InChI is InChI=1S/C11H22N2/c1-5-8-13-11(4,9-12)7-6-10(2)3/h1,10,13H,6-9,12H2,2-4H3. The fraction of sp³-hybridized carbons (Fsp3) is 0.818. The van der Waals surface area contributed by atoms with Crippen molar-refractivity contribution in [2.45, 2.75) is 39.2 Å². The molecule has 1 unspecified atom stereocenters. The molecule has 0 heterocycles. The van der Waals surface area contributed by atoms with Crippen LogP contribution in [0.15, 0.2) is 0 Å². The van der Waals surface area contributed by atoms with E-state index >= 15 is 0 Å². The second-order valence-electron chi connectivity index (χ2n) is 4.25. The lowest BCUT2D eigenvalue weighted by atomic mass is 9.92. The van der Waals surface area contributed by atoms with E-state index in [9.17, 15) is 0 Å². The Morgan fingerprint density at radius 3 is 2.54 bits per heavy atom. The van der Waals surface area contributed by atoms with Gasteiger partial charge in [0.15, 0.2) is 0 Å². The molecule has 0 radical (unpaired) electrons. The van der Waals surface area contributed by atoms with Crippen molar-refractivity contribution in [2.75, 3.05) is 13.1 Å². The molecule has 76 valence electrons. The largest absolute Gasteiger partial charge is 0.329 e. The highest BCUT2D eigenvalue weighted by Gasteiger charge is 2.20. The zero-order chi connectivity index (χ0) is 10.3. The van der Waals surface area contributed by atoms with E-state index in [1.807, 2.05) is 0 Å². The van der Waals surface area contributed by atoms with Crippen LogP contribution in [0.4, 0.5) is 0 Å². The SMILES string of the molecule is C#CCNC(C)(CN)CCC(C)C. The smallest absolute Gasteiger partial charge is 0.0578 e. The Labute approximate surface area is 82.3 Å². The van der Waals surface area contributed by atoms with E-state index < -0.39 is 0 Å². The summed E-state index contributed by atoms with van der Waals surface area (Å²) in [6, 6.07) is 0. The van der Waals surface area contributed by atoms with Crippen LogP contribution in [0.25, 0.3) is 0 Å². The van der Waals surface area contributed by atoms with Gasteiger partial charge in [0.1, 0.15) is 0 Å². The molecular weight excluding hydrogens is 160 g/mol. The Morgan fingerprint density at radius 1 is 1.54 bits per heavy atom. The zero-order valence-corrected chi connectivity index (χ0v) is 9.06. The molecule has 3 N–H and O–H groups in total. The Balaban J connectivity index is 3.89. The topological polar surface area (TPSA) is 38.0 Å². The molecular formula is C11H22N2. The van der Waals surface area contributed by atoms with Gasteiger partial charge in [0.2, 0.25) is 0 Å². The highest BCUT2D eigenvalue weighted by molar-refractivity contribution is 4.93. The van der Waals surface area contributed by atoms with E-state index in [4.69, 9.17) is 12.2 Å². The van der Waals surface area contributed by atoms with Crippen LogP contribution in [0, 0.1) is 18.3 Å². The fourth-order valence-corrected chi connectivity index (χ4v) is 1.13. The van der Waals surface area contributed by atoms with Gasteiger partial charge in [0, 0.05) is 12.1 Å². The highest BCUT2D eigenvalue weighted by Crippen LogP contribution is 2.14. The third-order valence-corrected chi connectivity index (χ3v) is 2.34. The summed E-state index contributed by atoms with van der Waals surface area (Å²) in [5.74, 6) is 3.30. The van der Waals surface area contributed by atoms with E-state index in [0.717, 1.165) is 12.3 Å². The van der Waals surface area contributed by atoms with Crippen molar-refractivity contribution in [1.82, 2.24) is 5.32 Å². The van der Waals surface area contributed by atoms with Gasteiger partial charge in [-0.25, -0.2) is 0 Å². The van der Waals surface area contributed by atoms with Gasteiger partial charge in [0.05, 0.1) is 6.54 Å². The maximum absolute atomic E-state index is 5.70. The van der Waals surface area contributed by atoms with Crippen molar-refractivity contribution in [3.63, 3.8) is 0 Å². The van der Waals surface area contributed by atoms with Crippen LogP contribution < -0.4 is 11.1 Å². The van der Waals surface area contributed by atoms with Gasteiger partial charge in [-0.1, -0.05) is 19.8 Å². The lowest BCUT2D eigenvalue weighted by molar-refractivity contribution is 0.326. The summed E-state index contributed by atoms with van der Waals surface area (Å²) in [6.45, 7) is 7.82. The van der Waals surface area contributed by atoms with Crippen LogP contribution >= 0.6 is 0 Å². The van der Waals surface area contributed by atoms with Crippen molar-refractivity contribution < 1.29 is 0 Å². The van der Waals surface area contributed by atoms with Gasteiger partial charge < -0.3 is 5.73 Å². The molecule has 0 bridgehead atoms. The van der Waals surface area contributed by atoms with Crippen LogP contribution in [0.5, 0.6) is 0 Å². The van der Waals surface area contributed by atoms with Gasteiger partial charge in [-0.2, -0.15) is 0 Å². The van der Waals surface area contributed by atoms with E-state index in [0.29, 0.717) is 13.1 Å². The molecule has 13 heavy (non-hydrogen) atoms. The fourth-order valence-electron chi connectivity index (χ4n) is 1.13. The Morgan fingerprint density at radius 2 is 2.15 bits per heavy atom. The lowest BCUT2D eigenvalue weighted by Crippen LogP contribution is -2.48. The lowest BCUT2D eigenvalue weighted by Gasteiger charge is -2.29. The van der Waals surface area contributed by atoms with Crippen LogP contribution in [0.3, 0.4) is 0 Å². The molecule has 0 aromatic heterocycles. The van der Waals surface area contributed by atoms with Crippen LogP contribution in [-0.2, 0) is 0 Å². The summed E-state index contributed by atoms with van der Waals surface area (Å²) < 4.78 is 0. The molecule has 0 aromatic carbocycles. The molecule has 0 fully saturated rings. The minimum Gasteiger partial charge on any atom is -0.329 e. The van der Waals surface area contributed by atoms with E-state index in [-0.39, 0.29) is 5.54 Å². The Bertz CT molecular complexity index is 169. The molecule has 0 amide bonds. The average Bonchev–Trinajstić information content (AvgIpc) is 2.11. The molecule has 2 heteroatoms. The maximum Gasteiger partial charge on any atom is 0.0578 e. The van der Waals surface area contributed by atoms with Gasteiger partial charge in [0.25, 0.3) is 0 Å². The average molecular weight is 182 g/mol. The number of hydrogen-bond donors (Lipinski definition) is 2. The van der Waals surface area contributed by atoms with Crippen molar-refractivity contribution in [2.24, 2.45) is 11.7 Å². The summed E-state index contributed by atoms with van der Waals surface area (Å²) in [6.07, 6.45) is 7.46. The second-order valence-corrected chi connectivity index (χ2v) is 4.25. The third kappa shape index (κ3) is 5.68. The number of nitrogens with two attached hydrogens (primary N) is 1. The Hall–Kier alpha value is -0.520. The molecule has 0 aliphatic carbocycles. The summed E-state index contributed by atoms with van der Waals surface area (Å²) >= 11 is 0. The normalized spacial score (nSPS) is 15.4. The quantitative estimate of drug-likeness (QED) is 0.609. The third-order valence-electron chi connectivity index (χ3n) is 2.34. The van der Waals surface area contributed by atoms with Gasteiger partial charge >= 0.3 is 0 Å². The van der Waals surface area contributed by atoms with Crippen LogP contribution in [-0.4, -0.2) is 18.6 Å². The van der Waals surface area contributed by atoms with Crippen molar-refractivity contribution in [1.29, 1.82) is 0 Å². The zero-order valence-electron chi connectivity index (χ0n) is 9.06. The highest BCUT2D eigenvalue weighted by atomic mass is 15.0. The predicted octanol–water partition coefficient (Wildman–Crippen LogP) is 1.36. The first kappa shape index (κ1) is 12.5. The van der Waals surface area contributed by atoms with Crippen LogP contribution in [0.2, 0.25) is 0 Å². The molecule has 1 atom stereocenters. The molecule has 0 saturated carbocycles. The summed E-state index contributed by atoms with van der Waals surface area (Å²) in [7, 11) is 0. The van der Waals surface area contributed by atoms with Crippen molar-refractivity contribution in [3.8, 4) is 12.3 Å². The molecule has 0 aliphatic rings. The first-order valence-electron chi connectivity index (χ1n) is 4.92. The molecule has 0 rings (SSSR count). The molecule has 0 saturated heterocycles. The monoisotopic (exact) mass is 182 g/mol. The van der Waals surface area contributed by atoms with Gasteiger partial charge in [-0.05, 0) is 25.7 Å². The first-order valence-corrected chi connectivity index (χ1v) is 4.92. The Kier molecular flexibility index (Phi) is 5.77. The van der Waals surface area contributed by atoms with Gasteiger partial charge in [-0.3, -0.25) is 5.32 Å². The minimum atomic E-state index is 0.0106. The molecule has 0 aromatic rings. The predicted molar refractivity (Wildman–Crippen MR) is 58.4 cm³/mol. The summed E-state index contributed by atoms with van der Waals surface area (Å²) in [5.41, 5.74) is 5.71. The second kappa shape index (κ2) is 6.01. The van der Waals surface area contributed by atoms with E-state index in [2.05, 4.69) is 32.0 Å². The van der Waals surface area contributed by atoms with Crippen LogP contribution in [0.1, 0.15) is 33.6 Å². The van der Waals surface area contributed by atoms with Gasteiger partial charge in [-0.15, -0.1) is 6.42 Å². The molecule has 0 aliphatic heterocycles. The number of terminal acetylenes is 1. The minimum absolute atomic E-state index is 0.0106. The molecule has 2 nitrogen and oxygen atoms in total. The first-order chi connectivity index (χ1) is 6.04. The van der Waals surface area contributed by atoms with E-state index in [1.54, 1.807) is 0 Å². The number of rotatable bonds is 6. The maximum atomic E-state index is 5.70.